The standard InChI is InChI=1S/C10H16N4/c1-9-5-6-11-10(12-9)13-14-7-3-2-4-8-14/h5-6H,2-4,7-8H2,1H3,(H,11,12,13). The van der Waals surface area contributed by atoms with Crippen molar-refractivity contribution in [3.05, 3.63) is 18.0 Å². The molecule has 0 saturated carbocycles. The first kappa shape index (κ1) is 9.40. The summed E-state index contributed by atoms with van der Waals surface area (Å²) in [5.41, 5.74) is 4.23. The van der Waals surface area contributed by atoms with Crippen LogP contribution in [-0.4, -0.2) is 28.1 Å². The van der Waals surface area contributed by atoms with Crippen LogP contribution in [0.25, 0.3) is 0 Å². The van der Waals surface area contributed by atoms with Gasteiger partial charge >= 0.3 is 0 Å². The van der Waals surface area contributed by atoms with Gasteiger partial charge in [-0.3, -0.25) is 5.43 Å². The quantitative estimate of drug-likeness (QED) is 0.772. The Labute approximate surface area is 84.3 Å². The molecular weight excluding hydrogens is 176 g/mol. The van der Waals surface area contributed by atoms with Gasteiger partial charge in [0.1, 0.15) is 0 Å². The van der Waals surface area contributed by atoms with Crippen molar-refractivity contribution in [1.82, 2.24) is 15.0 Å². The number of aromatic nitrogens is 2. The zero-order chi connectivity index (χ0) is 9.80. The Morgan fingerprint density at radius 3 is 2.79 bits per heavy atom. The molecule has 2 heterocycles. The fourth-order valence-electron chi connectivity index (χ4n) is 1.65. The number of hydrogen-bond donors (Lipinski definition) is 1. The molecule has 2 rings (SSSR count). The van der Waals surface area contributed by atoms with E-state index < -0.39 is 0 Å². The average Bonchev–Trinajstić information content (AvgIpc) is 2.19. The summed E-state index contributed by atoms with van der Waals surface area (Å²) in [5, 5.41) is 2.19. The Kier molecular flexibility index (Phi) is 2.93. The van der Waals surface area contributed by atoms with Crippen molar-refractivity contribution in [3.63, 3.8) is 0 Å². The maximum Gasteiger partial charge on any atom is 0.237 e. The zero-order valence-corrected chi connectivity index (χ0v) is 8.53. The Hall–Kier alpha value is -1.16. The molecule has 0 atom stereocenters. The summed E-state index contributed by atoms with van der Waals surface area (Å²) >= 11 is 0. The summed E-state index contributed by atoms with van der Waals surface area (Å²) in [5.74, 6) is 0.715. The molecule has 0 spiro atoms. The van der Waals surface area contributed by atoms with E-state index in [0.29, 0.717) is 5.95 Å². The van der Waals surface area contributed by atoms with Crippen molar-refractivity contribution in [1.29, 1.82) is 0 Å². The van der Waals surface area contributed by atoms with Crippen LogP contribution in [0.15, 0.2) is 12.3 Å². The van der Waals surface area contributed by atoms with Crippen molar-refractivity contribution in [2.24, 2.45) is 0 Å². The van der Waals surface area contributed by atoms with E-state index in [2.05, 4.69) is 20.4 Å². The van der Waals surface area contributed by atoms with Crippen molar-refractivity contribution in [2.45, 2.75) is 26.2 Å². The lowest BCUT2D eigenvalue weighted by Gasteiger charge is -2.26. The fourth-order valence-corrected chi connectivity index (χ4v) is 1.65. The molecular formula is C10H16N4. The molecule has 76 valence electrons. The molecule has 1 aliphatic heterocycles. The number of aryl methyl sites for hydroxylation is 1. The van der Waals surface area contributed by atoms with Gasteiger partial charge in [-0.05, 0) is 25.8 Å². The molecule has 1 aromatic heterocycles. The van der Waals surface area contributed by atoms with E-state index in [1.165, 1.54) is 19.3 Å². The van der Waals surface area contributed by atoms with Crippen LogP contribution in [0, 0.1) is 6.92 Å². The van der Waals surface area contributed by atoms with Gasteiger partial charge < -0.3 is 0 Å². The third-order valence-corrected chi connectivity index (χ3v) is 2.41. The van der Waals surface area contributed by atoms with Crippen molar-refractivity contribution < 1.29 is 0 Å². The maximum atomic E-state index is 4.30. The van der Waals surface area contributed by atoms with Crippen LogP contribution in [0.5, 0.6) is 0 Å². The van der Waals surface area contributed by atoms with Crippen LogP contribution >= 0.6 is 0 Å². The van der Waals surface area contributed by atoms with Gasteiger partial charge in [-0.2, -0.15) is 0 Å². The lowest BCUT2D eigenvalue weighted by molar-refractivity contribution is 0.271. The topological polar surface area (TPSA) is 41.1 Å². The monoisotopic (exact) mass is 192 g/mol. The van der Waals surface area contributed by atoms with Crippen molar-refractivity contribution in [2.75, 3.05) is 18.5 Å². The third-order valence-electron chi connectivity index (χ3n) is 2.41. The van der Waals surface area contributed by atoms with Gasteiger partial charge in [0.2, 0.25) is 5.95 Å². The third kappa shape index (κ3) is 2.42. The minimum atomic E-state index is 0.715. The van der Waals surface area contributed by atoms with E-state index in [9.17, 15) is 0 Å². The summed E-state index contributed by atoms with van der Waals surface area (Å²) in [6.07, 6.45) is 5.65. The highest BCUT2D eigenvalue weighted by Gasteiger charge is 2.10. The highest BCUT2D eigenvalue weighted by Crippen LogP contribution is 2.09. The molecule has 4 nitrogen and oxygen atoms in total. The lowest BCUT2D eigenvalue weighted by atomic mass is 10.2. The molecule has 4 heteroatoms. The summed E-state index contributed by atoms with van der Waals surface area (Å²) in [7, 11) is 0. The molecule has 1 aromatic rings. The van der Waals surface area contributed by atoms with Crippen molar-refractivity contribution in [3.8, 4) is 0 Å². The van der Waals surface area contributed by atoms with Crippen LogP contribution in [0.2, 0.25) is 0 Å². The Bertz CT molecular complexity index is 294. The van der Waals surface area contributed by atoms with E-state index in [-0.39, 0.29) is 0 Å². The van der Waals surface area contributed by atoms with Gasteiger partial charge in [0, 0.05) is 25.0 Å². The number of nitrogens with zero attached hydrogens (tertiary/aromatic N) is 3. The molecule has 0 amide bonds. The number of piperidine rings is 1. The van der Waals surface area contributed by atoms with Gasteiger partial charge in [-0.25, -0.2) is 15.0 Å². The summed E-state index contributed by atoms with van der Waals surface area (Å²) in [6, 6.07) is 1.90. The van der Waals surface area contributed by atoms with Gasteiger partial charge in [-0.15, -0.1) is 0 Å². The number of rotatable bonds is 2. The molecule has 0 unspecified atom stereocenters. The number of anilines is 1. The molecule has 1 fully saturated rings. The summed E-state index contributed by atoms with van der Waals surface area (Å²) in [4.78, 5) is 8.47. The van der Waals surface area contributed by atoms with Crippen LogP contribution in [0.1, 0.15) is 25.0 Å². The molecule has 0 bridgehead atoms. The van der Waals surface area contributed by atoms with E-state index in [1.807, 2.05) is 13.0 Å². The first-order chi connectivity index (χ1) is 6.84. The normalized spacial score (nSPS) is 18.1. The largest absolute Gasteiger partial charge is 0.287 e. The smallest absolute Gasteiger partial charge is 0.237 e. The van der Waals surface area contributed by atoms with Crippen LogP contribution < -0.4 is 5.43 Å². The van der Waals surface area contributed by atoms with Crippen molar-refractivity contribution >= 4 is 5.95 Å². The van der Waals surface area contributed by atoms with E-state index in [4.69, 9.17) is 0 Å². The Balaban J connectivity index is 1.95. The van der Waals surface area contributed by atoms with Crippen LogP contribution in [0.3, 0.4) is 0 Å². The number of nitrogens with one attached hydrogen (secondary N) is 1. The maximum absolute atomic E-state index is 4.30. The van der Waals surface area contributed by atoms with Crippen LogP contribution in [-0.2, 0) is 0 Å². The summed E-state index contributed by atoms with van der Waals surface area (Å²) < 4.78 is 0. The highest BCUT2D eigenvalue weighted by molar-refractivity contribution is 5.23. The molecule has 1 aliphatic rings. The fraction of sp³-hybridized carbons (Fsp3) is 0.600. The molecule has 1 saturated heterocycles. The number of hydrazine groups is 1. The second-order valence-corrected chi connectivity index (χ2v) is 3.68. The van der Waals surface area contributed by atoms with Gasteiger partial charge in [0.15, 0.2) is 0 Å². The van der Waals surface area contributed by atoms with E-state index >= 15 is 0 Å². The first-order valence-electron chi connectivity index (χ1n) is 5.16. The van der Waals surface area contributed by atoms with E-state index in [1.54, 1.807) is 6.20 Å². The second-order valence-electron chi connectivity index (χ2n) is 3.68. The predicted molar refractivity (Wildman–Crippen MR) is 55.8 cm³/mol. The van der Waals surface area contributed by atoms with Crippen LogP contribution in [0.4, 0.5) is 5.95 Å². The number of hydrogen-bond acceptors (Lipinski definition) is 4. The molecule has 1 N–H and O–H groups in total. The molecule has 14 heavy (non-hydrogen) atoms. The van der Waals surface area contributed by atoms with E-state index in [0.717, 1.165) is 18.8 Å². The molecule has 0 aliphatic carbocycles. The Morgan fingerprint density at radius 2 is 2.07 bits per heavy atom. The zero-order valence-electron chi connectivity index (χ0n) is 8.53. The summed E-state index contributed by atoms with van der Waals surface area (Å²) in [6.45, 7) is 4.16. The van der Waals surface area contributed by atoms with Gasteiger partial charge in [-0.1, -0.05) is 6.42 Å². The van der Waals surface area contributed by atoms with Gasteiger partial charge in [0.05, 0.1) is 0 Å². The predicted octanol–water partition coefficient (Wildman–Crippen LogP) is 1.60. The highest BCUT2D eigenvalue weighted by atomic mass is 15.5. The minimum absolute atomic E-state index is 0.715. The minimum Gasteiger partial charge on any atom is -0.287 e. The molecule has 0 aromatic carbocycles. The first-order valence-corrected chi connectivity index (χ1v) is 5.16. The second kappa shape index (κ2) is 4.37. The lowest BCUT2D eigenvalue weighted by Crippen LogP contribution is -2.35. The molecule has 0 radical (unpaired) electrons. The average molecular weight is 192 g/mol. The van der Waals surface area contributed by atoms with Gasteiger partial charge in [0.25, 0.3) is 0 Å². The Morgan fingerprint density at radius 1 is 1.29 bits per heavy atom. The SMILES string of the molecule is Cc1ccnc(NN2CCCCC2)n1.